The Labute approximate surface area is 149 Å². The molecule has 3 aliphatic carbocycles. The third-order valence-corrected chi connectivity index (χ3v) is 7.21. The van der Waals surface area contributed by atoms with Gasteiger partial charge in [0.05, 0.1) is 6.10 Å². The van der Waals surface area contributed by atoms with Gasteiger partial charge in [-0.25, -0.2) is 0 Å². The predicted octanol–water partition coefficient (Wildman–Crippen LogP) is 3.58. The molecule has 4 heteroatoms. The number of phenolic OH excluding ortho intramolecular Hbond substituents is 1. The van der Waals surface area contributed by atoms with Gasteiger partial charge in [-0.2, -0.15) is 0 Å². The number of rotatable bonds is 3. The van der Waals surface area contributed by atoms with Crippen molar-refractivity contribution in [3.05, 3.63) is 23.3 Å². The number of aromatic hydroxyl groups is 1. The number of aliphatic hydroxyl groups excluding tert-OH is 1. The van der Waals surface area contributed by atoms with Gasteiger partial charge in [0.25, 0.3) is 0 Å². The van der Waals surface area contributed by atoms with Gasteiger partial charge in [0.2, 0.25) is 0 Å². The van der Waals surface area contributed by atoms with Crippen molar-refractivity contribution in [1.82, 2.24) is 0 Å². The van der Waals surface area contributed by atoms with E-state index in [0.29, 0.717) is 23.5 Å². The Morgan fingerprint density at radius 3 is 2.84 bits per heavy atom. The van der Waals surface area contributed by atoms with Gasteiger partial charge in [0.1, 0.15) is 6.61 Å². The van der Waals surface area contributed by atoms with E-state index in [2.05, 4.69) is 13.0 Å². The summed E-state index contributed by atoms with van der Waals surface area (Å²) in [6.07, 6.45) is 5.99. The number of hydrogen-bond acceptors (Lipinski definition) is 4. The van der Waals surface area contributed by atoms with Crippen LogP contribution in [0.25, 0.3) is 0 Å². The van der Waals surface area contributed by atoms with Crippen molar-refractivity contribution in [2.75, 3.05) is 6.61 Å². The molecule has 4 rings (SSSR count). The quantitative estimate of drug-likeness (QED) is 0.879. The van der Waals surface area contributed by atoms with Crippen LogP contribution in [0.2, 0.25) is 0 Å². The molecule has 0 aliphatic heterocycles. The minimum atomic E-state index is -0.158. The Balaban J connectivity index is 1.67. The van der Waals surface area contributed by atoms with Crippen LogP contribution in [0, 0.1) is 17.3 Å². The molecule has 136 valence electrons. The first kappa shape index (κ1) is 16.9. The largest absolute Gasteiger partial charge is 0.504 e. The summed E-state index contributed by atoms with van der Waals surface area (Å²) in [5.41, 5.74) is 2.45. The van der Waals surface area contributed by atoms with Crippen LogP contribution in [0.15, 0.2) is 12.1 Å². The van der Waals surface area contributed by atoms with Gasteiger partial charge in [-0.1, -0.05) is 13.0 Å². The Kier molecular flexibility index (Phi) is 4.06. The maximum absolute atomic E-state index is 11.3. The highest BCUT2D eigenvalue weighted by Gasteiger charge is 2.54. The molecule has 0 heterocycles. The molecule has 5 atom stereocenters. The van der Waals surface area contributed by atoms with Crippen LogP contribution in [-0.2, 0) is 11.2 Å². The standard InChI is InChI=1S/C21H28O4/c1-12(22)11-25-20-16-4-3-15-14(13(16)5-7-18(20)23)9-10-21(2)17(15)6-8-19(21)24/h5,7,14-15,17,19,23-24H,3-4,6,8-11H2,1-2H3/t14-,15-,17+,19+,21+/m1/s1. The first-order valence-electron chi connectivity index (χ1n) is 9.57. The summed E-state index contributed by atoms with van der Waals surface area (Å²) in [5, 5.41) is 20.7. The Hall–Kier alpha value is -1.55. The van der Waals surface area contributed by atoms with Crippen LogP contribution in [0.1, 0.15) is 63.0 Å². The molecular weight excluding hydrogens is 316 g/mol. The van der Waals surface area contributed by atoms with Gasteiger partial charge < -0.3 is 14.9 Å². The highest BCUT2D eigenvalue weighted by atomic mass is 16.5. The van der Waals surface area contributed by atoms with Crippen LogP contribution in [0.4, 0.5) is 0 Å². The molecule has 3 aliphatic rings. The smallest absolute Gasteiger partial charge is 0.167 e. The number of Topliss-reactive ketones (excluding diaryl/α,β-unsaturated/α-hetero) is 1. The van der Waals surface area contributed by atoms with Crippen LogP contribution < -0.4 is 4.74 Å². The van der Waals surface area contributed by atoms with E-state index in [1.54, 1.807) is 6.07 Å². The summed E-state index contributed by atoms with van der Waals surface area (Å²) in [6.45, 7) is 3.78. The first-order chi connectivity index (χ1) is 11.9. The monoisotopic (exact) mass is 344 g/mol. The molecular formula is C21H28O4. The molecule has 0 bridgehead atoms. The van der Waals surface area contributed by atoms with Crippen molar-refractivity contribution < 1.29 is 19.7 Å². The van der Waals surface area contributed by atoms with E-state index in [4.69, 9.17) is 4.74 Å². The van der Waals surface area contributed by atoms with E-state index in [1.165, 1.54) is 12.5 Å². The summed E-state index contributed by atoms with van der Waals surface area (Å²) >= 11 is 0. The molecule has 1 aromatic carbocycles. The number of hydrogen-bond donors (Lipinski definition) is 2. The van der Waals surface area contributed by atoms with Crippen LogP contribution in [0.5, 0.6) is 11.5 Å². The minimum absolute atomic E-state index is 0.00496. The maximum atomic E-state index is 11.3. The van der Waals surface area contributed by atoms with Crippen LogP contribution in [-0.4, -0.2) is 28.7 Å². The van der Waals surface area contributed by atoms with E-state index in [9.17, 15) is 15.0 Å². The first-order valence-corrected chi connectivity index (χ1v) is 9.57. The molecule has 0 radical (unpaired) electrons. The normalized spacial score (nSPS) is 36.3. The fourth-order valence-corrected chi connectivity index (χ4v) is 5.93. The van der Waals surface area contributed by atoms with Crippen molar-refractivity contribution in [3.8, 4) is 11.5 Å². The number of carbonyl (C=O) groups excluding carboxylic acids is 1. The molecule has 0 saturated heterocycles. The minimum Gasteiger partial charge on any atom is -0.504 e. The zero-order valence-corrected chi connectivity index (χ0v) is 15.1. The maximum Gasteiger partial charge on any atom is 0.167 e. The summed E-state index contributed by atoms with van der Waals surface area (Å²) < 4.78 is 5.66. The van der Waals surface area contributed by atoms with E-state index in [1.807, 2.05) is 0 Å². The zero-order chi connectivity index (χ0) is 17.8. The van der Waals surface area contributed by atoms with Crippen molar-refractivity contribution in [2.24, 2.45) is 17.3 Å². The second kappa shape index (κ2) is 6.01. The van der Waals surface area contributed by atoms with Gasteiger partial charge in [-0.05, 0) is 80.2 Å². The summed E-state index contributed by atoms with van der Waals surface area (Å²) in [5.74, 6) is 2.27. The average Bonchev–Trinajstić information content (AvgIpc) is 2.88. The van der Waals surface area contributed by atoms with Crippen molar-refractivity contribution in [3.63, 3.8) is 0 Å². The van der Waals surface area contributed by atoms with Gasteiger partial charge in [-0.15, -0.1) is 0 Å². The third-order valence-electron chi connectivity index (χ3n) is 7.21. The lowest BCUT2D eigenvalue weighted by molar-refractivity contribution is -0.118. The van der Waals surface area contributed by atoms with E-state index >= 15 is 0 Å². The molecule has 1 aromatic rings. The lowest BCUT2D eigenvalue weighted by Gasteiger charge is -2.50. The van der Waals surface area contributed by atoms with E-state index in [-0.39, 0.29) is 29.7 Å². The predicted molar refractivity (Wildman–Crippen MR) is 94.9 cm³/mol. The zero-order valence-electron chi connectivity index (χ0n) is 15.1. The Morgan fingerprint density at radius 2 is 2.08 bits per heavy atom. The summed E-state index contributed by atoms with van der Waals surface area (Å²) in [7, 11) is 0. The number of ether oxygens (including phenoxy) is 1. The molecule has 2 N–H and O–H groups in total. The molecule has 25 heavy (non-hydrogen) atoms. The lowest BCUT2D eigenvalue weighted by Crippen LogP contribution is -2.44. The summed E-state index contributed by atoms with van der Waals surface area (Å²) in [6, 6.07) is 3.77. The van der Waals surface area contributed by atoms with Gasteiger partial charge >= 0.3 is 0 Å². The second-order valence-corrected chi connectivity index (χ2v) is 8.53. The molecule has 0 spiro atoms. The topological polar surface area (TPSA) is 66.8 Å². The number of phenols is 1. The third kappa shape index (κ3) is 2.57. The number of ketones is 1. The fraction of sp³-hybridized carbons (Fsp3) is 0.667. The highest BCUT2D eigenvalue weighted by molar-refractivity contribution is 5.77. The van der Waals surface area contributed by atoms with Crippen molar-refractivity contribution in [1.29, 1.82) is 0 Å². The fourth-order valence-electron chi connectivity index (χ4n) is 5.93. The van der Waals surface area contributed by atoms with E-state index < -0.39 is 0 Å². The summed E-state index contributed by atoms with van der Waals surface area (Å²) in [4.78, 5) is 11.3. The highest BCUT2D eigenvalue weighted by Crippen LogP contribution is 2.61. The van der Waals surface area contributed by atoms with Crippen LogP contribution in [0.3, 0.4) is 0 Å². The number of carbonyl (C=O) groups is 1. The Morgan fingerprint density at radius 1 is 1.28 bits per heavy atom. The Bertz CT molecular complexity index is 697. The van der Waals surface area contributed by atoms with Crippen molar-refractivity contribution in [2.45, 2.75) is 64.4 Å². The average molecular weight is 344 g/mol. The molecule has 0 aromatic heterocycles. The molecule has 2 saturated carbocycles. The second-order valence-electron chi connectivity index (χ2n) is 8.53. The van der Waals surface area contributed by atoms with Crippen LogP contribution >= 0.6 is 0 Å². The SMILES string of the molecule is CC(=O)COc1c(O)ccc2c1CC[C@@H]1[C@@H]2CC[C@]2(C)[C@@H](O)CC[C@@H]12. The van der Waals surface area contributed by atoms with Gasteiger partial charge in [0, 0.05) is 5.56 Å². The van der Waals surface area contributed by atoms with Crippen molar-refractivity contribution >= 4 is 5.78 Å². The lowest BCUT2D eigenvalue weighted by atomic mass is 9.55. The molecule has 4 nitrogen and oxygen atoms in total. The number of benzene rings is 1. The van der Waals surface area contributed by atoms with Gasteiger partial charge in [-0.3, -0.25) is 4.79 Å². The van der Waals surface area contributed by atoms with E-state index in [0.717, 1.165) is 44.1 Å². The molecule has 0 amide bonds. The number of aliphatic hydroxyl groups is 1. The number of fused-ring (bicyclic) bond motifs is 5. The molecule has 0 unspecified atom stereocenters. The van der Waals surface area contributed by atoms with Gasteiger partial charge in [0.15, 0.2) is 17.3 Å². The molecule has 2 fully saturated rings.